The molecule has 1 aliphatic rings. The van der Waals surface area contributed by atoms with Gasteiger partial charge in [0.1, 0.15) is 5.82 Å². The van der Waals surface area contributed by atoms with Crippen molar-refractivity contribution in [2.75, 3.05) is 5.32 Å². The summed E-state index contributed by atoms with van der Waals surface area (Å²) in [6.07, 6.45) is -2.11. The van der Waals surface area contributed by atoms with E-state index in [0.29, 0.717) is 0 Å². The van der Waals surface area contributed by atoms with Crippen LogP contribution < -0.4 is 14.8 Å². The Morgan fingerprint density at radius 3 is 2.71 bits per heavy atom. The van der Waals surface area contributed by atoms with Crippen LogP contribution in [0.3, 0.4) is 0 Å². The van der Waals surface area contributed by atoms with Gasteiger partial charge in [0.25, 0.3) is 0 Å². The van der Waals surface area contributed by atoms with Crippen molar-refractivity contribution >= 4 is 11.6 Å². The molecular weight excluding hydrogens is 377 g/mol. The number of aryl methyl sites for hydroxylation is 1. The van der Waals surface area contributed by atoms with Crippen LogP contribution in [0.1, 0.15) is 12.3 Å². The van der Waals surface area contributed by atoms with Crippen LogP contribution in [0, 0.1) is 5.82 Å². The Hall–Kier alpha value is -3.49. The fourth-order valence-electron chi connectivity index (χ4n) is 2.68. The molecule has 9 heteroatoms. The molecule has 0 unspecified atom stereocenters. The first-order valence-electron chi connectivity index (χ1n) is 8.29. The van der Waals surface area contributed by atoms with Crippen LogP contribution in [0.15, 0.2) is 53.1 Å². The molecule has 0 spiro atoms. The fraction of sp³-hybridized carbons (Fsp3) is 0.158. The molecule has 0 aliphatic carbocycles. The van der Waals surface area contributed by atoms with Gasteiger partial charge < -0.3 is 19.2 Å². The normalized spacial score (nSPS) is 14.1. The Morgan fingerprint density at radius 1 is 1.11 bits per heavy atom. The molecule has 3 aromatic rings. The van der Waals surface area contributed by atoms with Crippen molar-refractivity contribution in [1.82, 2.24) is 4.98 Å². The highest BCUT2D eigenvalue weighted by Gasteiger charge is 2.43. The van der Waals surface area contributed by atoms with Gasteiger partial charge in [-0.1, -0.05) is 12.1 Å². The lowest BCUT2D eigenvalue weighted by Crippen LogP contribution is -2.25. The predicted molar refractivity (Wildman–Crippen MR) is 91.5 cm³/mol. The smallest absolute Gasteiger partial charge is 0.441 e. The fourth-order valence-corrected chi connectivity index (χ4v) is 2.68. The quantitative estimate of drug-likeness (QED) is 0.700. The molecule has 6 nitrogen and oxygen atoms in total. The van der Waals surface area contributed by atoms with Crippen LogP contribution >= 0.6 is 0 Å². The summed E-state index contributed by atoms with van der Waals surface area (Å²) in [6.45, 7) is 0. The molecule has 0 fully saturated rings. The summed E-state index contributed by atoms with van der Waals surface area (Å²) in [5.74, 6) is -0.537. The Kier molecular flexibility index (Phi) is 4.42. The molecule has 4 rings (SSSR count). The van der Waals surface area contributed by atoms with Crippen LogP contribution in [-0.4, -0.2) is 17.2 Å². The van der Waals surface area contributed by atoms with E-state index in [1.807, 2.05) is 0 Å². The van der Waals surface area contributed by atoms with E-state index in [1.54, 1.807) is 18.2 Å². The maximum absolute atomic E-state index is 13.8. The molecule has 0 saturated heterocycles. The third kappa shape index (κ3) is 3.78. The largest absolute Gasteiger partial charge is 0.586 e. The highest BCUT2D eigenvalue weighted by atomic mass is 19.3. The zero-order valence-electron chi connectivity index (χ0n) is 14.2. The summed E-state index contributed by atoms with van der Waals surface area (Å²) in [5, 5.41) is 2.57. The zero-order chi connectivity index (χ0) is 19.7. The summed E-state index contributed by atoms with van der Waals surface area (Å²) in [7, 11) is 0. The monoisotopic (exact) mass is 390 g/mol. The molecule has 0 atom stereocenters. The zero-order valence-corrected chi connectivity index (χ0v) is 14.2. The predicted octanol–water partition coefficient (Wildman–Crippen LogP) is 4.37. The Balaban J connectivity index is 1.35. The number of carbonyl (C=O) groups excluding carboxylic acids is 1. The maximum Gasteiger partial charge on any atom is 0.586 e. The summed E-state index contributed by atoms with van der Waals surface area (Å²) >= 11 is 0. The molecule has 2 aromatic carbocycles. The van der Waals surface area contributed by atoms with Crippen molar-refractivity contribution in [3.8, 4) is 22.8 Å². The molecular formula is C19H13F3N2O4. The van der Waals surface area contributed by atoms with Crippen molar-refractivity contribution in [3.63, 3.8) is 0 Å². The summed E-state index contributed by atoms with van der Waals surface area (Å²) in [6, 6.07) is 10.1. The summed E-state index contributed by atoms with van der Waals surface area (Å²) < 4.78 is 53.9. The number of carbonyl (C=O) groups is 1. The van der Waals surface area contributed by atoms with Gasteiger partial charge in [-0.3, -0.25) is 4.79 Å². The molecule has 0 bridgehead atoms. The number of anilines is 1. The maximum atomic E-state index is 13.8. The molecule has 0 radical (unpaired) electrons. The first-order valence-corrected chi connectivity index (χ1v) is 8.29. The van der Waals surface area contributed by atoms with E-state index in [9.17, 15) is 18.0 Å². The van der Waals surface area contributed by atoms with Gasteiger partial charge in [0.2, 0.25) is 5.91 Å². The molecule has 1 N–H and O–H groups in total. The van der Waals surface area contributed by atoms with Gasteiger partial charge in [0.05, 0.1) is 11.8 Å². The Bertz CT molecular complexity index is 1040. The topological polar surface area (TPSA) is 73.6 Å². The number of alkyl halides is 2. The van der Waals surface area contributed by atoms with E-state index in [4.69, 9.17) is 4.42 Å². The number of hydrogen-bond donors (Lipinski definition) is 1. The van der Waals surface area contributed by atoms with E-state index >= 15 is 0 Å². The first-order chi connectivity index (χ1) is 13.4. The number of halogens is 3. The number of benzene rings is 2. The number of aromatic nitrogens is 1. The Labute approximate surface area is 156 Å². The van der Waals surface area contributed by atoms with Gasteiger partial charge in [0, 0.05) is 24.6 Å². The molecule has 144 valence electrons. The van der Waals surface area contributed by atoms with Gasteiger partial charge >= 0.3 is 6.29 Å². The van der Waals surface area contributed by atoms with Gasteiger partial charge in [-0.05, 0) is 24.3 Å². The second-order valence-corrected chi connectivity index (χ2v) is 5.98. The molecule has 28 heavy (non-hydrogen) atoms. The lowest BCUT2D eigenvalue weighted by atomic mass is 10.2. The molecule has 2 heterocycles. The van der Waals surface area contributed by atoms with E-state index in [0.717, 1.165) is 0 Å². The second-order valence-electron chi connectivity index (χ2n) is 5.98. The van der Waals surface area contributed by atoms with E-state index < -0.39 is 12.1 Å². The molecule has 0 saturated carbocycles. The highest BCUT2D eigenvalue weighted by Crippen LogP contribution is 2.42. The summed E-state index contributed by atoms with van der Waals surface area (Å²) in [4.78, 5) is 16.1. The van der Waals surface area contributed by atoms with Gasteiger partial charge in [-0.15, -0.1) is 8.78 Å². The number of oxazole rings is 1. The number of ether oxygens (including phenoxy) is 2. The van der Waals surface area contributed by atoms with Crippen LogP contribution in [0.25, 0.3) is 11.3 Å². The lowest BCUT2D eigenvalue weighted by Gasteiger charge is -2.05. The number of hydrogen-bond acceptors (Lipinski definition) is 5. The SMILES string of the molecule is O=C(CCc1ncc(-c2ccccc2F)o1)Nc1ccc2c(c1)OC(F)(F)O2. The standard InChI is InChI=1S/C19H13F3N2O4/c20-13-4-2-1-3-12(13)16-10-23-18(26-16)8-7-17(25)24-11-5-6-14-15(9-11)28-19(21,22)27-14/h1-6,9-10H,7-8H2,(H,24,25). The van der Waals surface area contributed by atoms with E-state index in [1.165, 1.54) is 30.5 Å². The van der Waals surface area contributed by atoms with Crippen molar-refractivity contribution in [2.24, 2.45) is 0 Å². The van der Waals surface area contributed by atoms with Gasteiger partial charge in [-0.2, -0.15) is 0 Å². The average Bonchev–Trinajstić information content (AvgIpc) is 3.22. The van der Waals surface area contributed by atoms with Crippen molar-refractivity contribution in [1.29, 1.82) is 0 Å². The van der Waals surface area contributed by atoms with Crippen molar-refractivity contribution in [3.05, 3.63) is 60.4 Å². The average molecular weight is 390 g/mol. The summed E-state index contributed by atoms with van der Waals surface area (Å²) in [5.41, 5.74) is 0.562. The van der Waals surface area contributed by atoms with Gasteiger partial charge in [0.15, 0.2) is 23.1 Å². The molecule has 1 aliphatic heterocycles. The third-order valence-corrected chi connectivity index (χ3v) is 3.94. The van der Waals surface area contributed by atoms with Crippen LogP contribution in [0.5, 0.6) is 11.5 Å². The third-order valence-electron chi connectivity index (χ3n) is 3.94. The number of fused-ring (bicyclic) bond motifs is 1. The van der Waals surface area contributed by atoms with E-state index in [-0.39, 0.29) is 53.1 Å². The van der Waals surface area contributed by atoms with E-state index in [2.05, 4.69) is 19.8 Å². The van der Waals surface area contributed by atoms with Crippen LogP contribution in [0.2, 0.25) is 0 Å². The minimum Gasteiger partial charge on any atom is -0.441 e. The molecule has 1 aromatic heterocycles. The minimum atomic E-state index is -3.72. The van der Waals surface area contributed by atoms with Crippen LogP contribution in [-0.2, 0) is 11.2 Å². The number of amides is 1. The number of rotatable bonds is 5. The minimum absolute atomic E-state index is 0.0296. The lowest BCUT2D eigenvalue weighted by molar-refractivity contribution is -0.286. The van der Waals surface area contributed by atoms with Gasteiger partial charge in [-0.25, -0.2) is 9.37 Å². The highest BCUT2D eigenvalue weighted by molar-refractivity contribution is 5.91. The van der Waals surface area contributed by atoms with Crippen molar-refractivity contribution in [2.45, 2.75) is 19.1 Å². The first kappa shape index (κ1) is 17.9. The number of nitrogens with zero attached hydrogens (tertiary/aromatic N) is 1. The van der Waals surface area contributed by atoms with Crippen LogP contribution in [0.4, 0.5) is 18.9 Å². The van der Waals surface area contributed by atoms with Crippen molar-refractivity contribution < 1.29 is 31.9 Å². The Morgan fingerprint density at radius 2 is 1.89 bits per heavy atom. The second kappa shape index (κ2) is 6.91. The molecule has 1 amide bonds. The number of nitrogens with one attached hydrogen (secondary N) is 1.